The molecular weight excluding hydrogens is 482 g/mol. The molecule has 0 saturated heterocycles. The smallest absolute Gasteiger partial charge is 0.509 e. The third-order valence-corrected chi connectivity index (χ3v) is 4.87. The van der Waals surface area contributed by atoms with Crippen molar-refractivity contribution in [2.75, 3.05) is 34.4 Å². The second-order valence-electron chi connectivity index (χ2n) is 9.55. The van der Waals surface area contributed by atoms with Gasteiger partial charge < -0.3 is 40.9 Å². The molecule has 35 heavy (non-hydrogen) atoms. The van der Waals surface area contributed by atoms with Crippen molar-refractivity contribution in [3.63, 3.8) is 0 Å². The van der Waals surface area contributed by atoms with Crippen molar-refractivity contribution in [3.8, 4) is 0 Å². The summed E-state index contributed by atoms with van der Waals surface area (Å²) < 4.78 is 20.6. The van der Waals surface area contributed by atoms with E-state index >= 15 is 0 Å². The van der Waals surface area contributed by atoms with Crippen molar-refractivity contribution < 1.29 is 60.1 Å². The van der Waals surface area contributed by atoms with Gasteiger partial charge in [-0.1, -0.05) is 24.3 Å². The molecule has 0 spiro atoms. The maximum absolute atomic E-state index is 12.5. The molecule has 0 fully saturated rings. The van der Waals surface area contributed by atoms with Crippen LogP contribution in [0.2, 0.25) is 0 Å². The van der Waals surface area contributed by atoms with Crippen LogP contribution in [-0.4, -0.2) is 80.0 Å². The van der Waals surface area contributed by atoms with Crippen molar-refractivity contribution in [1.29, 1.82) is 0 Å². The molecule has 11 heteroatoms. The molecule has 1 N–H and O–H groups in total. The van der Waals surface area contributed by atoms with Crippen LogP contribution in [0.5, 0.6) is 0 Å². The molecule has 0 aliphatic carbocycles. The van der Waals surface area contributed by atoms with Crippen LogP contribution >= 0.6 is 0 Å². The van der Waals surface area contributed by atoms with Crippen LogP contribution in [0.4, 0.5) is 4.79 Å². The number of benzene rings is 1. The van der Waals surface area contributed by atoms with Gasteiger partial charge in [0.05, 0.1) is 27.7 Å². The number of Topliss-reactive ketones (excluding diaryl/α,β-unsaturated/α-hetero) is 1. The number of esters is 2. The second-order valence-corrected chi connectivity index (χ2v) is 9.55. The van der Waals surface area contributed by atoms with Gasteiger partial charge in [0.25, 0.3) is 0 Å². The Balaban J connectivity index is 0.0000116. The molecule has 0 saturated carbocycles. The summed E-state index contributed by atoms with van der Waals surface area (Å²) in [6.45, 7) is 4.94. The van der Waals surface area contributed by atoms with Crippen molar-refractivity contribution >= 4 is 23.9 Å². The minimum absolute atomic E-state index is 0. The number of hydrogen-bond acceptors (Lipinski definition) is 9. The first-order valence-corrected chi connectivity index (χ1v) is 10.9. The summed E-state index contributed by atoms with van der Waals surface area (Å²) in [6.07, 6.45) is -3.54. The molecule has 1 aromatic carbocycles. The number of ketones is 1. The lowest BCUT2D eigenvalue weighted by atomic mass is 9.93. The first kappa shape index (κ1) is 32.3. The number of carbonyl (C=O) groups is 4. The van der Waals surface area contributed by atoms with Gasteiger partial charge in [0.1, 0.15) is 25.2 Å². The Morgan fingerprint density at radius 3 is 1.97 bits per heavy atom. The van der Waals surface area contributed by atoms with Gasteiger partial charge in [0, 0.05) is 5.56 Å². The van der Waals surface area contributed by atoms with Gasteiger partial charge >= 0.3 is 18.1 Å². The molecule has 3 atom stereocenters. The minimum Gasteiger partial charge on any atom is -1.00 e. The molecule has 0 bridgehead atoms. The summed E-state index contributed by atoms with van der Waals surface area (Å²) in [6, 6.07) is 7.63. The Kier molecular flexibility index (Phi) is 12.9. The van der Waals surface area contributed by atoms with Crippen LogP contribution < -0.4 is 12.4 Å². The lowest BCUT2D eigenvalue weighted by Crippen LogP contribution is -3.00. The predicted molar refractivity (Wildman–Crippen MR) is 121 cm³/mol. The number of quaternary nitrogens is 1. The van der Waals surface area contributed by atoms with Gasteiger partial charge in [0.15, 0.2) is 18.0 Å². The Labute approximate surface area is 212 Å². The van der Waals surface area contributed by atoms with Gasteiger partial charge in [-0.3, -0.25) is 9.59 Å². The first-order chi connectivity index (χ1) is 15.7. The highest BCUT2D eigenvalue weighted by atomic mass is 35.5. The summed E-state index contributed by atoms with van der Waals surface area (Å²) in [7, 11) is 6.26. The maximum Gasteiger partial charge on any atom is 0.509 e. The van der Waals surface area contributed by atoms with Crippen LogP contribution in [-0.2, 0) is 46.5 Å². The molecule has 0 heterocycles. The van der Waals surface area contributed by atoms with E-state index in [4.69, 9.17) is 18.9 Å². The van der Waals surface area contributed by atoms with E-state index in [0.29, 0.717) is 0 Å². The number of halogens is 1. The van der Waals surface area contributed by atoms with Gasteiger partial charge in [0.2, 0.25) is 0 Å². The Bertz CT molecular complexity index is 867. The Morgan fingerprint density at radius 1 is 0.943 bits per heavy atom. The molecular formula is C24H36ClNO9. The SMILES string of the molecule is CC(=O)C(C)OC(=O)C(C)OC(=O)OCC(C)(CO)C(=O)OCc1ccc(C[N+](C)(C)C)cc1.[Cl-]. The minimum atomic E-state index is -1.53. The number of rotatable bonds is 12. The fourth-order valence-electron chi connectivity index (χ4n) is 2.58. The van der Waals surface area contributed by atoms with E-state index in [0.717, 1.165) is 22.2 Å². The normalized spacial score (nSPS) is 14.4. The zero-order valence-electron chi connectivity index (χ0n) is 21.3. The second kappa shape index (κ2) is 14.0. The third kappa shape index (κ3) is 11.5. The number of aliphatic hydroxyl groups excluding tert-OH is 1. The number of aliphatic hydroxyl groups is 1. The van der Waals surface area contributed by atoms with Gasteiger partial charge in [-0.25, -0.2) is 9.59 Å². The highest BCUT2D eigenvalue weighted by Crippen LogP contribution is 2.20. The molecule has 1 rings (SSSR count). The van der Waals surface area contributed by atoms with E-state index in [9.17, 15) is 24.3 Å². The standard InChI is InChI=1S/C24H36NO9.ClH/c1-16(27)17(2)33-21(28)18(3)34-23(30)32-15-24(4,14-26)22(29)31-13-20-10-8-19(9-11-20)12-25(5,6)7;/h8-11,17-18,26H,12-15H2,1-7H3;1H/q+1;/p-1. The maximum atomic E-state index is 12.5. The number of carbonyl (C=O) groups excluding carboxylic acids is 4. The van der Waals surface area contributed by atoms with Crippen LogP contribution in [0.1, 0.15) is 38.8 Å². The molecule has 198 valence electrons. The first-order valence-electron chi connectivity index (χ1n) is 10.9. The summed E-state index contributed by atoms with van der Waals surface area (Å²) in [4.78, 5) is 47.5. The zero-order valence-corrected chi connectivity index (χ0v) is 22.1. The molecule has 10 nitrogen and oxygen atoms in total. The van der Waals surface area contributed by atoms with Crippen molar-refractivity contribution in [1.82, 2.24) is 0 Å². The summed E-state index contributed by atoms with van der Waals surface area (Å²) in [5.74, 6) is -2.04. The number of hydrogen-bond donors (Lipinski definition) is 1. The van der Waals surface area contributed by atoms with Crippen LogP contribution in [0.3, 0.4) is 0 Å². The van der Waals surface area contributed by atoms with E-state index in [1.165, 1.54) is 27.7 Å². The molecule has 1 aromatic rings. The van der Waals surface area contributed by atoms with Crippen LogP contribution in [0.15, 0.2) is 24.3 Å². The molecule has 0 radical (unpaired) electrons. The van der Waals surface area contributed by atoms with Crippen molar-refractivity contribution in [2.24, 2.45) is 5.41 Å². The van der Waals surface area contributed by atoms with Crippen LogP contribution in [0.25, 0.3) is 0 Å². The summed E-state index contributed by atoms with van der Waals surface area (Å²) in [5, 5.41) is 9.69. The summed E-state index contributed by atoms with van der Waals surface area (Å²) >= 11 is 0. The molecule has 0 aliphatic rings. The fourth-order valence-corrected chi connectivity index (χ4v) is 2.58. The number of nitrogens with zero attached hydrogens (tertiary/aromatic N) is 1. The third-order valence-electron chi connectivity index (χ3n) is 4.87. The molecule has 3 unspecified atom stereocenters. The van der Waals surface area contributed by atoms with Crippen molar-refractivity contribution in [2.45, 2.75) is 53.1 Å². The zero-order chi connectivity index (χ0) is 26.1. The topological polar surface area (TPSA) is 125 Å². The van der Waals surface area contributed by atoms with Crippen LogP contribution in [0, 0.1) is 5.41 Å². The Morgan fingerprint density at radius 2 is 1.49 bits per heavy atom. The van der Waals surface area contributed by atoms with E-state index in [2.05, 4.69) is 21.1 Å². The summed E-state index contributed by atoms with van der Waals surface area (Å²) in [5.41, 5.74) is 0.380. The van der Waals surface area contributed by atoms with E-state index < -0.39 is 48.9 Å². The molecule has 0 aromatic heterocycles. The quantitative estimate of drug-likeness (QED) is 0.211. The average Bonchev–Trinajstić information content (AvgIpc) is 2.75. The largest absolute Gasteiger partial charge is 1.00 e. The molecule has 0 amide bonds. The fraction of sp³-hybridized carbons (Fsp3) is 0.583. The predicted octanol–water partition coefficient (Wildman–Crippen LogP) is -0.999. The van der Waals surface area contributed by atoms with E-state index in [1.807, 2.05) is 24.3 Å². The lowest BCUT2D eigenvalue weighted by Gasteiger charge is -2.25. The van der Waals surface area contributed by atoms with Crippen molar-refractivity contribution in [3.05, 3.63) is 35.4 Å². The average molecular weight is 518 g/mol. The monoisotopic (exact) mass is 517 g/mol. The van der Waals surface area contributed by atoms with E-state index in [1.54, 1.807) is 0 Å². The lowest BCUT2D eigenvalue weighted by molar-refractivity contribution is -0.884. The van der Waals surface area contributed by atoms with Gasteiger partial charge in [-0.15, -0.1) is 0 Å². The molecule has 0 aliphatic heterocycles. The van der Waals surface area contributed by atoms with E-state index in [-0.39, 0.29) is 24.8 Å². The highest BCUT2D eigenvalue weighted by Gasteiger charge is 2.37. The Hall–Kier alpha value is -2.69. The highest BCUT2D eigenvalue weighted by molar-refractivity contribution is 5.84. The number of ether oxygens (including phenoxy) is 4. The van der Waals surface area contributed by atoms with Gasteiger partial charge in [-0.2, -0.15) is 0 Å². The van der Waals surface area contributed by atoms with Gasteiger partial charge in [-0.05, 0) is 33.3 Å².